The second-order valence-corrected chi connectivity index (χ2v) is 10.7. The smallest absolute Gasteiger partial charge is 0.304 e. The van der Waals surface area contributed by atoms with Crippen LogP contribution in [-0.4, -0.2) is 79.1 Å². The maximum absolute atomic E-state index is 12.2. The highest BCUT2D eigenvalue weighted by Crippen LogP contribution is 2.27. The van der Waals surface area contributed by atoms with Crippen LogP contribution >= 0.6 is 11.3 Å². The third-order valence-corrected chi connectivity index (χ3v) is 8.15. The minimum atomic E-state index is -3.21. The Hall–Kier alpha value is -1.49. The van der Waals surface area contributed by atoms with Gasteiger partial charge in [-0.25, -0.2) is 8.42 Å². The lowest BCUT2D eigenvalue weighted by molar-refractivity contribution is -0.137. The molecule has 1 atom stereocenters. The van der Waals surface area contributed by atoms with E-state index in [-0.39, 0.29) is 24.7 Å². The van der Waals surface area contributed by atoms with Crippen LogP contribution < -0.4 is 5.32 Å². The molecule has 1 amide bonds. The number of sulfonamides is 1. The maximum atomic E-state index is 12.2. The summed E-state index contributed by atoms with van der Waals surface area (Å²) >= 11 is 1.46. The van der Waals surface area contributed by atoms with Crippen molar-refractivity contribution in [2.75, 3.05) is 39.3 Å². The number of carboxylic acids is 1. The van der Waals surface area contributed by atoms with Gasteiger partial charge in [-0.3, -0.25) is 14.5 Å². The van der Waals surface area contributed by atoms with E-state index in [0.29, 0.717) is 39.3 Å². The van der Waals surface area contributed by atoms with E-state index >= 15 is 0 Å². The number of piperazine rings is 1. The topological polar surface area (TPSA) is 107 Å². The third kappa shape index (κ3) is 6.54. The quantitative estimate of drug-likeness (QED) is 0.576. The molecule has 0 saturated carbocycles. The van der Waals surface area contributed by atoms with E-state index in [4.69, 9.17) is 5.11 Å². The van der Waals surface area contributed by atoms with Crippen LogP contribution in [0.15, 0.2) is 17.5 Å². The molecule has 1 aromatic rings. The number of nitrogens with zero attached hydrogens (tertiary/aromatic N) is 2. The standard InChI is InChI=1S/C18H29N3O5S2/c1-14(2)28(25,26)21-9-7-20(8-10-21)6-5-19-17(22)12-15(13-18(23)24)16-4-3-11-27-16/h3-4,11,14-15H,5-10,12-13H2,1-2H3,(H,19,22)(H,23,24). The number of hydrogen-bond acceptors (Lipinski definition) is 6. The average Bonchev–Trinajstić information content (AvgIpc) is 3.16. The Bertz CT molecular complexity index is 741. The number of thiophene rings is 1. The van der Waals surface area contributed by atoms with E-state index < -0.39 is 21.2 Å². The molecule has 2 N–H and O–H groups in total. The highest BCUT2D eigenvalue weighted by molar-refractivity contribution is 7.89. The second-order valence-electron chi connectivity index (χ2n) is 7.20. The van der Waals surface area contributed by atoms with Gasteiger partial charge < -0.3 is 10.4 Å². The van der Waals surface area contributed by atoms with Gasteiger partial charge in [0.05, 0.1) is 11.7 Å². The summed E-state index contributed by atoms with van der Waals surface area (Å²) in [4.78, 5) is 26.3. The molecule has 0 spiro atoms. The minimum absolute atomic E-state index is 0.0692. The lowest BCUT2D eigenvalue weighted by atomic mass is 9.99. The lowest BCUT2D eigenvalue weighted by Crippen LogP contribution is -2.51. The van der Waals surface area contributed by atoms with E-state index in [1.54, 1.807) is 13.8 Å². The predicted octanol–water partition coefficient (Wildman–Crippen LogP) is 1.17. The van der Waals surface area contributed by atoms with E-state index in [1.165, 1.54) is 15.6 Å². The first-order valence-electron chi connectivity index (χ1n) is 9.43. The van der Waals surface area contributed by atoms with Gasteiger partial charge in [0.2, 0.25) is 15.9 Å². The summed E-state index contributed by atoms with van der Waals surface area (Å²) in [7, 11) is -3.21. The second kappa shape index (κ2) is 10.3. The number of aliphatic carboxylic acids is 1. The molecule has 28 heavy (non-hydrogen) atoms. The zero-order chi connectivity index (χ0) is 20.7. The zero-order valence-corrected chi connectivity index (χ0v) is 18.0. The van der Waals surface area contributed by atoms with Crippen LogP contribution in [0.3, 0.4) is 0 Å². The summed E-state index contributed by atoms with van der Waals surface area (Å²) in [5.41, 5.74) is 0. The first-order valence-corrected chi connectivity index (χ1v) is 11.8. The molecular weight excluding hydrogens is 402 g/mol. The fourth-order valence-corrected chi connectivity index (χ4v) is 5.26. The molecule has 2 heterocycles. The van der Waals surface area contributed by atoms with Gasteiger partial charge in [0.15, 0.2) is 0 Å². The largest absolute Gasteiger partial charge is 0.481 e. The van der Waals surface area contributed by atoms with Crippen LogP contribution in [0.4, 0.5) is 0 Å². The number of carbonyl (C=O) groups is 2. The van der Waals surface area contributed by atoms with E-state index in [0.717, 1.165) is 4.88 Å². The van der Waals surface area contributed by atoms with Crippen molar-refractivity contribution in [2.24, 2.45) is 0 Å². The van der Waals surface area contributed by atoms with E-state index in [1.807, 2.05) is 17.5 Å². The highest BCUT2D eigenvalue weighted by Gasteiger charge is 2.29. The van der Waals surface area contributed by atoms with Crippen LogP contribution in [0.25, 0.3) is 0 Å². The lowest BCUT2D eigenvalue weighted by Gasteiger charge is -2.34. The molecule has 158 valence electrons. The Morgan fingerprint density at radius 2 is 1.89 bits per heavy atom. The number of amides is 1. The zero-order valence-electron chi connectivity index (χ0n) is 16.3. The summed E-state index contributed by atoms with van der Waals surface area (Å²) in [5.74, 6) is -1.40. The van der Waals surface area contributed by atoms with E-state index in [2.05, 4.69) is 10.2 Å². The molecule has 0 aromatic carbocycles. The molecule has 1 unspecified atom stereocenters. The Labute approximate surface area is 170 Å². The van der Waals surface area contributed by atoms with E-state index in [9.17, 15) is 18.0 Å². The molecule has 10 heteroatoms. The molecule has 8 nitrogen and oxygen atoms in total. The number of carboxylic acid groups (broad SMARTS) is 1. The Morgan fingerprint density at radius 3 is 2.43 bits per heavy atom. The Balaban J connectivity index is 1.73. The SMILES string of the molecule is CC(C)S(=O)(=O)N1CCN(CCNC(=O)CC(CC(=O)O)c2cccs2)CC1. The van der Waals surface area contributed by atoms with Crippen molar-refractivity contribution in [2.45, 2.75) is 37.9 Å². The summed E-state index contributed by atoms with van der Waals surface area (Å²) < 4.78 is 25.9. The highest BCUT2D eigenvalue weighted by atomic mass is 32.2. The number of hydrogen-bond donors (Lipinski definition) is 2. The molecule has 0 radical (unpaired) electrons. The molecule has 1 aliphatic rings. The summed E-state index contributed by atoms with van der Waals surface area (Å²) in [6, 6.07) is 3.71. The van der Waals surface area contributed by atoms with Crippen molar-refractivity contribution < 1.29 is 23.1 Å². The van der Waals surface area contributed by atoms with Crippen molar-refractivity contribution in [1.82, 2.24) is 14.5 Å². The fraction of sp³-hybridized carbons (Fsp3) is 0.667. The van der Waals surface area contributed by atoms with Gasteiger partial charge in [-0.1, -0.05) is 6.07 Å². The third-order valence-electron chi connectivity index (χ3n) is 4.84. The van der Waals surface area contributed by atoms with Crippen LogP contribution in [0.1, 0.15) is 37.5 Å². The first kappa shape index (κ1) is 22.8. The van der Waals surface area contributed by atoms with Crippen LogP contribution in [-0.2, 0) is 19.6 Å². The van der Waals surface area contributed by atoms with Crippen molar-refractivity contribution in [3.05, 3.63) is 22.4 Å². The molecule has 1 fully saturated rings. The molecule has 1 saturated heterocycles. The Morgan fingerprint density at radius 1 is 1.21 bits per heavy atom. The maximum Gasteiger partial charge on any atom is 0.304 e. The summed E-state index contributed by atoms with van der Waals surface area (Å²) in [6.07, 6.45) is 0.0768. The van der Waals surface area contributed by atoms with Crippen molar-refractivity contribution >= 4 is 33.2 Å². The summed E-state index contributed by atoms with van der Waals surface area (Å²) in [5, 5.41) is 13.4. The molecule has 1 aliphatic heterocycles. The predicted molar refractivity (Wildman–Crippen MR) is 109 cm³/mol. The average molecular weight is 432 g/mol. The van der Waals surface area contributed by atoms with Crippen molar-refractivity contribution in [1.29, 1.82) is 0 Å². The Kier molecular flexibility index (Phi) is 8.41. The van der Waals surface area contributed by atoms with Gasteiger partial charge in [-0.05, 0) is 25.3 Å². The van der Waals surface area contributed by atoms with Gasteiger partial charge in [0, 0.05) is 56.5 Å². The first-order chi connectivity index (χ1) is 13.2. The van der Waals surface area contributed by atoms with Crippen molar-refractivity contribution in [3.63, 3.8) is 0 Å². The van der Waals surface area contributed by atoms with Gasteiger partial charge in [0.25, 0.3) is 0 Å². The number of nitrogens with one attached hydrogen (secondary N) is 1. The van der Waals surface area contributed by atoms with Gasteiger partial charge in [-0.2, -0.15) is 4.31 Å². The molecular formula is C18H29N3O5S2. The minimum Gasteiger partial charge on any atom is -0.481 e. The van der Waals surface area contributed by atoms with Crippen LogP contribution in [0.2, 0.25) is 0 Å². The summed E-state index contributed by atoms with van der Waals surface area (Å²) in [6.45, 7) is 6.68. The number of rotatable bonds is 10. The fourth-order valence-electron chi connectivity index (χ4n) is 3.16. The van der Waals surface area contributed by atoms with Crippen LogP contribution in [0.5, 0.6) is 0 Å². The molecule has 0 bridgehead atoms. The number of carbonyl (C=O) groups excluding carboxylic acids is 1. The van der Waals surface area contributed by atoms with Gasteiger partial charge >= 0.3 is 5.97 Å². The van der Waals surface area contributed by atoms with Gasteiger partial charge in [-0.15, -0.1) is 11.3 Å². The molecule has 0 aliphatic carbocycles. The monoisotopic (exact) mass is 431 g/mol. The molecule has 1 aromatic heterocycles. The van der Waals surface area contributed by atoms with Crippen LogP contribution in [0, 0.1) is 0 Å². The normalized spacial score (nSPS) is 17.5. The van der Waals surface area contributed by atoms with Crippen molar-refractivity contribution in [3.8, 4) is 0 Å². The molecule has 2 rings (SSSR count). The van der Waals surface area contributed by atoms with Gasteiger partial charge in [0.1, 0.15) is 0 Å².